The van der Waals surface area contributed by atoms with E-state index >= 15 is 0 Å². The molecule has 0 bridgehead atoms. The van der Waals surface area contributed by atoms with Gasteiger partial charge in [0, 0.05) is 37.9 Å². The molecule has 2 N–H and O–H groups in total. The molecule has 0 aromatic heterocycles. The molecule has 2 heterocycles. The summed E-state index contributed by atoms with van der Waals surface area (Å²) in [5.74, 6) is 0.111. The second kappa shape index (κ2) is 7.11. The van der Waals surface area contributed by atoms with Crippen LogP contribution in [0.25, 0.3) is 0 Å². The molecule has 1 atom stereocenters. The monoisotopic (exact) mass is 303 g/mol. The van der Waals surface area contributed by atoms with Crippen molar-refractivity contribution in [2.45, 2.75) is 25.3 Å². The first-order chi connectivity index (χ1) is 10.8. The third-order valence-corrected chi connectivity index (χ3v) is 4.48. The van der Waals surface area contributed by atoms with Crippen molar-refractivity contribution < 1.29 is 9.53 Å². The molecule has 22 heavy (non-hydrogen) atoms. The van der Waals surface area contributed by atoms with Gasteiger partial charge in [0.05, 0.1) is 18.8 Å². The zero-order chi connectivity index (χ0) is 15.4. The number of carbonyl (C=O) groups excluding carboxylic acids is 1. The minimum Gasteiger partial charge on any atom is -0.378 e. The van der Waals surface area contributed by atoms with Gasteiger partial charge in [-0.2, -0.15) is 0 Å². The molecule has 0 unspecified atom stereocenters. The molecule has 5 nitrogen and oxygen atoms in total. The largest absolute Gasteiger partial charge is 0.378 e. The molecule has 5 heteroatoms. The number of likely N-dealkylation sites (tertiary alicyclic amines) is 1. The van der Waals surface area contributed by atoms with E-state index in [1.165, 1.54) is 0 Å². The van der Waals surface area contributed by atoms with Crippen molar-refractivity contribution in [2.75, 3.05) is 44.3 Å². The molecule has 2 aliphatic rings. The molecule has 1 amide bonds. The Balaban J connectivity index is 1.82. The van der Waals surface area contributed by atoms with E-state index in [2.05, 4.69) is 4.90 Å². The van der Waals surface area contributed by atoms with Crippen LogP contribution in [0, 0.1) is 0 Å². The van der Waals surface area contributed by atoms with E-state index in [9.17, 15) is 4.79 Å². The lowest BCUT2D eigenvalue weighted by Gasteiger charge is -2.31. The van der Waals surface area contributed by atoms with Crippen molar-refractivity contribution in [1.29, 1.82) is 0 Å². The fourth-order valence-electron chi connectivity index (χ4n) is 3.26. The molecule has 2 fully saturated rings. The summed E-state index contributed by atoms with van der Waals surface area (Å²) in [4.78, 5) is 17.1. The zero-order valence-corrected chi connectivity index (χ0v) is 13.0. The van der Waals surface area contributed by atoms with Crippen LogP contribution in [0.2, 0.25) is 0 Å². The topological polar surface area (TPSA) is 58.8 Å². The SMILES string of the molecule is N[C@@H]1CCCCN(C(=O)c2ccccc2N2CCOCC2)C1. The average molecular weight is 303 g/mol. The smallest absolute Gasteiger partial charge is 0.256 e. The lowest BCUT2D eigenvalue weighted by Crippen LogP contribution is -2.41. The first kappa shape index (κ1) is 15.3. The van der Waals surface area contributed by atoms with Crippen molar-refractivity contribution >= 4 is 11.6 Å². The Bertz CT molecular complexity index is 514. The Morgan fingerprint density at radius 2 is 1.91 bits per heavy atom. The quantitative estimate of drug-likeness (QED) is 0.899. The molecular weight excluding hydrogens is 278 g/mol. The summed E-state index contributed by atoms with van der Waals surface area (Å²) in [5.41, 5.74) is 7.91. The normalized spacial score (nSPS) is 23.2. The Morgan fingerprint density at radius 3 is 2.73 bits per heavy atom. The standard InChI is InChI=1S/C17H25N3O2/c18-14-5-3-4-8-20(13-14)17(21)15-6-1-2-7-16(15)19-9-11-22-12-10-19/h1-2,6-7,14H,3-5,8-13,18H2/t14-/m1/s1. The summed E-state index contributed by atoms with van der Waals surface area (Å²) in [7, 11) is 0. The van der Waals surface area contributed by atoms with Crippen molar-refractivity contribution in [1.82, 2.24) is 4.90 Å². The number of benzene rings is 1. The van der Waals surface area contributed by atoms with Gasteiger partial charge in [-0.15, -0.1) is 0 Å². The van der Waals surface area contributed by atoms with Crippen LogP contribution < -0.4 is 10.6 Å². The number of hydrogen-bond donors (Lipinski definition) is 1. The number of rotatable bonds is 2. The third-order valence-electron chi connectivity index (χ3n) is 4.48. The third kappa shape index (κ3) is 3.42. The van der Waals surface area contributed by atoms with Crippen molar-refractivity contribution in [3.05, 3.63) is 29.8 Å². The van der Waals surface area contributed by atoms with Gasteiger partial charge in [-0.05, 0) is 25.0 Å². The maximum atomic E-state index is 13.0. The molecule has 2 saturated heterocycles. The van der Waals surface area contributed by atoms with E-state index in [0.29, 0.717) is 6.54 Å². The number of nitrogens with two attached hydrogens (primary N) is 1. The van der Waals surface area contributed by atoms with Gasteiger partial charge in [-0.1, -0.05) is 18.6 Å². The predicted octanol–water partition coefficient (Wildman–Crippen LogP) is 1.48. The summed E-state index contributed by atoms with van der Waals surface area (Å²) >= 11 is 0. The molecule has 0 radical (unpaired) electrons. The number of anilines is 1. The lowest BCUT2D eigenvalue weighted by atomic mass is 10.1. The molecule has 3 rings (SSSR count). The molecule has 120 valence electrons. The molecule has 1 aromatic rings. The summed E-state index contributed by atoms with van der Waals surface area (Å²) in [6.45, 7) is 4.59. The van der Waals surface area contributed by atoms with E-state index in [-0.39, 0.29) is 11.9 Å². The number of morpholine rings is 1. The molecular formula is C17H25N3O2. The van der Waals surface area contributed by atoms with Gasteiger partial charge in [0.25, 0.3) is 5.91 Å². The number of carbonyl (C=O) groups is 1. The van der Waals surface area contributed by atoms with Crippen LogP contribution in [0.5, 0.6) is 0 Å². The van der Waals surface area contributed by atoms with Crippen molar-refractivity contribution in [3.63, 3.8) is 0 Å². The van der Waals surface area contributed by atoms with E-state index < -0.39 is 0 Å². The van der Waals surface area contributed by atoms with Crippen LogP contribution in [0.1, 0.15) is 29.6 Å². The Hall–Kier alpha value is -1.59. The minimum absolute atomic E-state index is 0.0991. The Morgan fingerprint density at radius 1 is 1.14 bits per heavy atom. The number of nitrogens with zero attached hydrogens (tertiary/aromatic N) is 2. The second-order valence-corrected chi connectivity index (χ2v) is 6.12. The van der Waals surface area contributed by atoms with E-state index in [0.717, 1.165) is 63.4 Å². The first-order valence-corrected chi connectivity index (χ1v) is 8.22. The first-order valence-electron chi connectivity index (χ1n) is 8.22. The number of hydrogen-bond acceptors (Lipinski definition) is 4. The number of para-hydroxylation sites is 1. The maximum absolute atomic E-state index is 13.0. The highest BCUT2D eigenvalue weighted by Gasteiger charge is 2.24. The minimum atomic E-state index is 0.0991. The van der Waals surface area contributed by atoms with Crippen LogP contribution in [-0.4, -0.2) is 56.2 Å². The molecule has 0 saturated carbocycles. The fourth-order valence-corrected chi connectivity index (χ4v) is 3.26. The van der Waals surface area contributed by atoms with Crippen LogP contribution in [0.15, 0.2) is 24.3 Å². The summed E-state index contributed by atoms with van der Waals surface area (Å²) in [6, 6.07) is 8.01. The Labute approximate surface area is 132 Å². The van der Waals surface area contributed by atoms with Crippen LogP contribution in [-0.2, 0) is 4.74 Å². The molecule has 1 aromatic carbocycles. The van der Waals surface area contributed by atoms with E-state index in [1.807, 2.05) is 29.2 Å². The summed E-state index contributed by atoms with van der Waals surface area (Å²) in [6.07, 6.45) is 3.16. The lowest BCUT2D eigenvalue weighted by molar-refractivity contribution is 0.0754. The van der Waals surface area contributed by atoms with Gasteiger partial charge < -0.3 is 20.3 Å². The van der Waals surface area contributed by atoms with Gasteiger partial charge in [0.1, 0.15) is 0 Å². The van der Waals surface area contributed by atoms with E-state index in [1.54, 1.807) is 0 Å². The summed E-state index contributed by atoms with van der Waals surface area (Å²) < 4.78 is 5.41. The Kier molecular flexibility index (Phi) is 4.95. The van der Waals surface area contributed by atoms with E-state index in [4.69, 9.17) is 10.5 Å². The van der Waals surface area contributed by atoms with Crippen LogP contribution in [0.3, 0.4) is 0 Å². The van der Waals surface area contributed by atoms with Gasteiger partial charge in [0.15, 0.2) is 0 Å². The highest BCUT2D eigenvalue weighted by Crippen LogP contribution is 2.24. The predicted molar refractivity (Wildman–Crippen MR) is 87.2 cm³/mol. The molecule has 0 spiro atoms. The van der Waals surface area contributed by atoms with Crippen molar-refractivity contribution in [3.8, 4) is 0 Å². The molecule has 0 aliphatic carbocycles. The number of amides is 1. The fraction of sp³-hybridized carbons (Fsp3) is 0.588. The van der Waals surface area contributed by atoms with Gasteiger partial charge >= 0.3 is 0 Å². The van der Waals surface area contributed by atoms with Gasteiger partial charge in [-0.25, -0.2) is 0 Å². The zero-order valence-electron chi connectivity index (χ0n) is 13.0. The highest BCUT2D eigenvalue weighted by molar-refractivity contribution is 5.99. The highest BCUT2D eigenvalue weighted by atomic mass is 16.5. The van der Waals surface area contributed by atoms with Gasteiger partial charge in [0.2, 0.25) is 0 Å². The molecule has 2 aliphatic heterocycles. The average Bonchev–Trinajstić information content (AvgIpc) is 2.79. The van der Waals surface area contributed by atoms with Crippen LogP contribution in [0.4, 0.5) is 5.69 Å². The summed E-state index contributed by atoms with van der Waals surface area (Å²) in [5, 5.41) is 0. The van der Waals surface area contributed by atoms with Gasteiger partial charge in [-0.3, -0.25) is 4.79 Å². The maximum Gasteiger partial charge on any atom is 0.256 e. The van der Waals surface area contributed by atoms with Crippen LogP contribution >= 0.6 is 0 Å². The second-order valence-electron chi connectivity index (χ2n) is 6.12. The number of ether oxygens (including phenoxy) is 1. The van der Waals surface area contributed by atoms with Crippen molar-refractivity contribution in [2.24, 2.45) is 5.73 Å².